The normalized spacial score (nSPS) is 15.1. The summed E-state index contributed by atoms with van der Waals surface area (Å²) in [6.45, 7) is 6.89. The summed E-state index contributed by atoms with van der Waals surface area (Å²) in [5.74, 6) is 0.972. The van der Waals surface area contributed by atoms with E-state index in [0.29, 0.717) is 8.58 Å². The second-order valence-electron chi connectivity index (χ2n) is 6.70. The number of piperidine rings is 1. The highest BCUT2D eigenvalue weighted by Gasteiger charge is 2.16. The van der Waals surface area contributed by atoms with Crippen molar-refractivity contribution < 1.29 is 9.47 Å². The Morgan fingerprint density at radius 3 is 2.52 bits per heavy atom. The molecular weight excluding hydrogens is 329 g/mol. The van der Waals surface area contributed by atoms with E-state index in [1.807, 2.05) is 0 Å². The van der Waals surface area contributed by atoms with Crippen molar-refractivity contribution in [1.82, 2.24) is 0 Å². The van der Waals surface area contributed by atoms with Gasteiger partial charge < -0.3 is 14.4 Å². The lowest BCUT2D eigenvalue weighted by Crippen LogP contribution is -2.32. The quantitative estimate of drug-likeness (QED) is 0.578. The van der Waals surface area contributed by atoms with Crippen molar-refractivity contribution in [3.63, 3.8) is 0 Å². The van der Waals surface area contributed by atoms with Crippen molar-refractivity contribution in [2.24, 2.45) is 0 Å². The Labute approximate surface area is 153 Å². The number of anilines is 1. The first kappa shape index (κ1) is 18.2. The zero-order valence-electron chi connectivity index (χ0n) is 15.5. The molecule has 2 aromatic carbocycles. The lowest BCUT2D eigenvalue weighted by atomic mass is 10.1. The maximum Gasteiger partial charge on any atom is 0.188 e. The van der Waals surface area contributed by atoms with Crippen molar-refractivity contribution in [1.29, 1.82) is 0 Å². The Kier molecular flexibility index (Phi) is 6.34. The van der Waals surface area contributed by atoms with Crippen molar-refractivity contribution in [2.45, 2.75) is 33.1 Å². The molecule has 134 valence electrons. The standard InChI is InChI=1S/C21H28NO2P/c1-16-13-17(2)21(24-15-23-3)20(14-16)25-19-10-6-5-9-18(19)22-11-7-4-8-12-22/h5-6,9-10,13-14,25H,4,7-8,11-12,15H2,1-3H3. The van der Waals surface area contributed by atoms with E-state index in [4.69, 9.17) is 9.47 Å². The fraction of sp³-hybridized carbons (Fsp3) is 0.429. The summed E-state index contributed by atoms with van der Waals surface area (Å²) in [7, 11) is 2.24. The predicted molar refractivity (Wildman–Crippen MR) is 109 cm³/mol. The lowest BCUT2D eigenvalue weighted by molar-refractivity contribution is 0.0514. The number of hydrogen-bond acceptors (Lipinski definition) is 3. The van der Waals surface area contributed by atoms with Crippen molar-refractivity contribution in [2.75, 3.05) is 31.9 Å². The summed E-state index contributed by atoms with van der Waals surface area (Å²) in [6.07, 6.45) is 3.94. The van der Waals surface area contributed by atoms with Gasteiger partial charge in [0, 0.05) is 36.5 Å². The molecule has 0 bridgehead atoms. The van der Waals surface area contributed by atoms with E-state index in [0.717, 1.165) is 5.75 Å². The Hall–Kier alpha value is -1.57. The molecule has 3 rings (SSSR count). The molecule has 1 fully saturated rings. The molecule has 1 unspecified atom stereocenters. The highest BCUT2D eigenvalue weighted by atomic mass is 31.1. The van der Waals surface area contributed by atoms with Gasteiger partial charge in [0.05, 0.1) is 0 Å². The fourth-order valence-corrected chi connectivity index (χ4v) is 5.01. The summed E-state index contributed by atoms with van der Waals surface area (Å²) in [5, 5.41) is 2.66. The van der Waals surface area contributed by atoms with Gasteiger partial charge in [-0.15, -0.1) is 0 Å². The minimum Gasteiger partial charge on any atom is -0.467 e. The average molecular weight is 357 g/mol. The van der Waals surface area contributed by atoms with E-state index < -0.39 is 0 Å². The molecule has 0 spiro atoms. The van der Waals surface area contributed by atoms with Gasteiger partial charge in [-0.2, -0.15) is 0 Å². The van der Waals surface area contributed by atoms with Gasteiger partial charge in [0.25, 0.3) is 0 Å². The van der Waals surface area contributed by atoms with Crippen LogP contribution in [-0.4, -0.2) is 27.0 Å². The van der Waals surface area contributed by atoms with Crippen LogP contribution in [0, 0.1) is 13.8 Å². The number of aryl methyl sites for hydroxylation is 2. The van der Waals surface area contributed by atoms with Crippen molar-refractivity contribution in [3.05, 3.63) is 47.5 Å². The summed E-state index contributed by atoms with van der Waals surface area (Å²) >= 11 is 0. The van der Waals surface area contributed by atoms with Gasteiger partial charge in [-0.3, -0.25) is 0 Å². The highest BCUT2D eigenvalue weighted by Crippen LogP contribution is 2.29. The number of para-hydroxylation sites is 1. The van der Waals surface area contributed by atoms with Gasteiger partial charge in [0.2, 0.25) is 0 Å². The number of methoxy groups -OCH3 is 1. The van der Waals surface area contributed by atoms with Crippen LogP contribution in [0.3, 0.4) is 0 Å². The zero-order valence-corrected chi connectivity index (χ0v) is 16.5. The van der Waals surface area contributed by atoms with Crippen LogP contribution in [0.1, 0.15) is 30.4 Å². The van der Waals surface area contributed by atoms with Crippen LogP contribution in [0.2, 0.25) is 0 Å². The first-order valence-corrected chi connectivity index (χ1v) is 10.0. The van der Waals surface area contributed by atoms with Crippen LogP contribution in [-0.2, 0) is 4.74 Å². The SMILES string of the molecule is COCOc1c(C)cc(C)cc1Pc1ccccc1N1CCCCC1. The monoisotopic (exact) mass is 357 g/mol. The van der Waals surface area contributed by atoms with Crippen molar-refractivity contribution in [3.8, 4) is 5.75 Å². The maximum absolute atomic E-state index is 5.90. The predicted octanol–water partition coefficient (Wildman–Crippen LogP) is 3.91. The Bertz CT molecular complexity index is 711. The summed E-state index contributed by atoms with van der Waals surface area (Å²) in [4.78, 5) is 2.55. The number of ether oxygens (including phenoxy) is 2. The van der Waals surface area contributed by atoms with Crippen LogP contribution in [0.25, 0.3) is 0 Å². The van der Waals surface area contributed by atoms with Gasteiger partial charge in [-0.05, 0) is 56.4 Å². The smallest absolute Gasteiger partial charge is 0.188 e. The van der Waals surface area contributed by atoms with Crippen molar-refractivity contribution >= 4 is 24.9 Å². The summed E-state index contributed by atoms with van der Waals surface area (Å²) in [5.41, 5.74) is 3.84. The summed E-state index contributed by atoms with van der Waals surface area (Å²) < 4.78 is 11.0. The van der Waals surface area contributed by atoms with E-state index in [1.54, 1.807) is 7.11 Å². The lowest BCUT2D eigenvalue weighted by Gasteiger charge is -2.30. The Morgan fingerprint density at radius 1 is 1.00 bits per heavy atom. The van der Waals surface area contributed by atoms with E-state index in [-0.39, 0.29) is 6.79 Å². The third-order valence-electron chi connectivity index (χ3n) is 4.61. The molecule has 1 aliphatic rings. The third kappa shape index (κ3) is 4.54. The summed E-state index contributed by atoms with van der Waals surface area (Å²) in [6, 6.07) is 13.3. The van der Waals surface area contributed by atoms with Gasteiger partial charge in [0.15, 0.2) is 6.79 Å². The van der Waals surface area contributed by atoms with Gasteiger partial charge in [0.1, 0.15) is 5.75 Å². The third-order valence-corrected chi connectivity index (χ3v) is 5.94. The van der Waals surface area contributed by atoms with Crippen LogP contribution < -0.4 is 20.2 Å². The molecule has 3 nitrogen and oxygen atoms in total. The molecule has 1 saturated heterocycles. The minimum atomic E-state index is 0.287. The van der Waals surface area contributed by atoms with Crippen LogP contribution in [0.4, 0.5) is 5.69 Å². The molecule has 4 heteroatoms. The van der Waals surface area contributed by atoms with E-state index in [1.165, 1.54) is 59.8 Å². The minimum absolute atomic E-state index is 0.287. The van der Waals surface area contributed by atoms with Gasteiger partial charge in [-0.25, -0.2) is 0 Å². The first-order chi connectivity index (χ1) is 12.2. The molecule has 1 aliphatic heterocycles. The Balaban J connectivity index is 1.92. The molecule has 25 heavy (non-hydrogen) atoms. The number of hydrogen-bond donors (Lipinski definition) is 0. The highest BCUT2D eigenvalue weighted by molar-refractivity contribution is 7.56. The second-order valence-corrected chi connectivity index (χ2v) is 8.03. The van der Waals surface area contributed by atoms with E-state index in [9.17, 15) is 0 Å². The second kappa shape index (κ2) is 8.69. The Morgan fingerprint density at radius 2 is 1.76 bits per heavy atom. The average Bonchev–Trinajstić information content (AvgIpc) is 2.62. The molecule has 0 amide bonds. The fourth-order valence-electron chi connectivity index (χ4n) is 3.49. The van der Waals surface area contributed by atoms with Crippen LogP contribution in [0.15, 0.2) is 36.4 Å². The largest absolute Gasteiger partial charge is 0.467 e. The zero-order chi connectivity index (χ0) is 17.6. The molecule has 0 radical (unpaired) electrons. The topological polar surface area (TPSA) is 21.7 Å². The molecule has 2 aromatic rings. The first-order valence-electron chi connectivity index (χ1n) is 9.03. The maximum atomic E-state index is 5.90. The molecule has 0 saturated carbocycles. The van der Waals surface area contributed by atoms with Crippen LogP contribution in [0.5, 0.6) is 5.75 Å². The molecular formula is C21H28NO2P. The molecule has 0 aromatic heterocycles. The van der Waals surface area contributed by atoms with Gasteiger partial charge in [-0.1, -0.05) is 32.8 Å². The van der Waals surface area contributed by atoms with Crippen LogP contribution >= 0.6 is 8.58 Å². The number of nitrogens with zero attached hydrogens (tertiary/aromatic N) is 1. The number of rotatable bonds is 6. The van der Waals surface area contributed by atoms with Gasteiger partial charge >= 0.3 is 0 Å². The molecule has 0 aliphatic carbocycles. The molecule has 1 heterocycles. The van der Waals surface area contributed by atoms with E-state index in [2.05, 4.69) is 55.1 Å². The number of benzene rings is 2. The molecule has 1 atom stereocenters. The molecule has 0 N–H and O–H groups in total. The van der Waals surface area contributed by atoms with E-state index >= 15 is 0 Å².